The molecule has 0 aliphatic heterocycles. The topological polar surface area (TPSA) is 49.3 Å². The number of ether oxygens (including phenoxy) is 3. The number of benzene rings is 2. The lowest BCUT2D eigenvalue weighted by Crippen LogP contribution is -2.14. The molecular formula is C25H33NO4. The quantitative estimate of drug-likeness (QED) is 0.190. The summed E-state index contributed by atoms with van der Waals surface area (Å²) in [7, 11) is 1.52. The number of allylic oxidation sites excluding steroid dienone is 1. The van der Waals surface area contributed by atoms with E-state index in [1.165, 1.54) is 7.11 Å². The van der Waals surface area contributed by atoms with Crippen LogP contribution in [0.5, 0.6) is 17.2 Å². The Kier molecular flexibility index (Phi) is 9.78. The second-order valence-electron chi connectivity index (χ2n) is 7.17. The van der Waals surface area contributed by atoms with Crippen LogP contribution in [-0.4, -0.2) is 32.6 Å². The van der Waals surface area contributed by atoms with E-state index in [-0.39, 0.29) is 6.10 Å². The molecule has 0 spiro atoms. The molecule has 0 aliphatic carbocycles. The summed E-state index contributed by atoms with van der Waals surface area (Å²) in [5.74, 6) is 2.63. The van der Waals surface area contributed by atoms with Crippen molar-refractivity contribution in [1.82, 2.24) is 0 Å². The van der Waals surface area contributed by atoms with E-state index in [0.29, 0.717) is 13.2 Å². The number of nitrogens with zero attached hydrogens (tertiary/aromatic N) is 1. The van der Waals surface area contributed by atoms with Crippen molar-refractivity contribution in [1.29, 1.82) is 0 Å². The van der Waals surface area contributed by atoms with Crippen LogP contribution in [0.3, 0.4) is 0 Å². The summed E-state index contributed by atoms with van der Waals surface area (Å²) >= 11 is 0. The average molecular weight is 412 g/mol. The van der Waals surface area contributed by atoms with Gasteiger partial charge < -0.3 is 19.0 Å². The van der Waals surface area contributed by atoms with Crippen LogP contribution >= 0.6 is 0 Å². The molecule has 0 amide bonds. The fourth-order valence-corrected chi connectivity index (χ4v) is 3.04. The van der Waals surface area contributed by atoms with Gasteiger partial charge >= 0.3 is 0 Å². The van der Waals surface area contributed by atoms with Gasteiger partial charge in [0.05, 0.1) is 18.9 Å². The molecule has 0 fully saturated rings. The maximum Gasteiger partial charge on any atom is 0.125 e. The van der Waals surface area contributed by atoms with Crippen LogP contribution in [0.15, 0.2) is 53.7 Å². The third-order valence-corrected chi connectivity index (χ3v) is 4.52. The fourth-order valence-electron chi connectivity index (χ4n) is 3.04. The minimum atomic E-state index is 0.0981. The summed E-state index contributed by atoms with van der Waals surface area (Å²) < 4.78 is 17.8. The average Bonchev–Trinajstić information content (AvgIpc) is 2.73. The second-order valence-corrected chi connectivity index (χ2v) is 7.17. The molecule has 0 saturated carbocycles. The maximum absolute atomic E-state index is 6.22. The van der Waals surface area contributed by atoms with Gasteiger partial charge in [0, 0.05) is 0 Å². The number of oxime groups is 1. The third-order valence-electron chi connectivity index (χ3n) is 4.52. The van der Waals surface area contributed by atoms with Crippen LogP contribution < -0.4 is 14.2 Å². The first-order valence-electron chi connectivity index (χ1n) is 10.3. The molecule has 2 aromatic rings. The van der Waals surface area contributed by atoms with Gasteiger partial charge in [-0.3, -0.25) is 0 Å². The standard InChI is InChI=1S/C25H33NO4/c1-6-7-13-29-24-15-19(2)25(20(3)16-24)30-21(4)10-9-14-28-23-12-8-11-22(17-23)18-26-27-5/h6-8,11-12,15-18,21H,9-10,13-14H2,1-5H3/b7-6+,26-18-. The Labute approximate surface area is 180 Å². The molecule has 0 N–H and O–H groups in total. The molecule has 0 saturated heterocycles. The number of hydrogen-bond donors (Lipinski definition) is 0. The molecule has 162 valence electrons. The highest BCUT2D eigenvalue weighted by atomic mass is 16.6. The molecule has 5 nitrogen and oxygen atoms in total. The Morgan fingerprint density at radius 1 is 1.03 bits per heavy atom. The van der Waals surface area contributed by atoms with Gasteiger partial charge in [-0.2, -0.15) is 0 Å². The van der Waals surface area contributed by atoms with Crippen molar-refractivity contribution in [3.8, 4) is 17.2 Å². The lowest BCUT2D eigenvalue weighted by Gasteiger charge is -2.19. The van der Waals surface area contributed by atoms with Crippen LogP contribution in [-0.2, 0) is 4.84 Å². The van der Waals surface area contributed by atoms with Crippen LogP contribution in [0, 0.1) is 13.8 Å². The smallest absolute Gasteiger partial charge is 0.125 e. The predicted octanol–water partition coefficient (Wildman–Crippen LogP) is 5.87. The summed E-state index contributed by atoms with van der Waals surface area (Å²) in [6, 6.07) is 11.8. The summed E-state index contributed by atoms with van der Waals surface area (Å²) in [6.45, 7) is 9.40. The van der Waals surface area contributed by atoms with Crippen molar-refractivity contribution in [3.63, 3.8) is 0 Å². The Hall–Kier alpha value is -2.95. The molecular weight excluding hydrogens is 378 g/mol. The fraction of sp³-hybridized carbons (Fsp3) is 0.400. The van der Waals surface area contributed by atoms with Gasteiger partial charge in [-0.25, -0.2) is 0 Å². The van der Waals surface area contributed by atoms with Gasteiger partial charge in [-0.05, 0) is 81.5 Å². The van der Waals surface area contributed by atoms with Gasteiger partial charge in [0.25, 0.3) is 0 Å². The lowest BCUT2D eigenvalue weighted by atomic mass is 10.1. The van der Waals surface area contributed by atoms with E-state index in [2.05, 4.69) is 25.9 Å². The predicted molar refractivity (Wildman–Crippen MR) is 122 cm³/mol. The molecule has 0 aliphatic rings. The van der Waals surface area contributed by atoms with Gasteiger partial charge in [0.1, 0.15) is 31.0 Å². The second kappa shape index (κ2) is 12.6. The minimum absolute atomic E-state index is 0.0981. The lowest BCUT2D eigenvalue weighted by molar-refractivity contribution is 0.191. The van der Waals surface area contributed by atoms with Crippen LogP contribution in [0.4, 0.5) is 0 Å². The van der Waals surface area contributed by atoms with Gasteiger partial charge in [-0.1, -0.05) is 29.4 Å². The molecule has 5 heteroatoms. The first kappa shape index (κ1) is 23.3. The van der Waals surface area contributed by atoms with Crippen molar-refractivity contribution in [2.75, 3.05) is 20.3 Å². The summed E-state index contributed by atoms with van der Waals surface area (Å²) in [4.78, 5) is 4.71. The van der Waals surface area contributed by atoms with Crippen molar-refractivity contribution in [2.45, 2.75) is 46.6 Å². The maximum atomic E-state index is 6.22. The number of rotatable bonds is 12. The zero-order valence-electron chi connectivity index (χ0n) is 18.7. The molecule has 0 aromatic heterocycles. The van der Waals surface area contributed by atoms with Gasteiger partial charge in [0.15, 0.2) is 0 Å². The molecule has 2 rings (SSSR count). The highest BCUT2D eigenvalue weighted by molar-refractivity contribution is 5.79. The SMILES string of the molecule is C/C=C/COc1cc(C)c(OC(C)CCCOc2cccc(/C=N\OC)c2)c(C)c1. The van der Waals surface area contributed by atoms with Crippen LogP contribution in [0.1, 0.15) is 43.4 Å². The summed E-state index contributed by atoms with van der Waals surface area (Å²) in [5.41, 5.74) is 3.11. The van der Waals surface area contributed by atoms with Crippen molar-refractivity contribution in [2.24, 2.45) is 5.16 Å². The van der Waals surface area contributed by atoms with Crippen molar-refractivity contribution < 1.29 is 19.0 Å². The molecule has 30 heavy (non-hydrogen) atoms. The van der Waals surface area contributed by atoms with Crippen molar-refractivity contribution in [3.05, 3.63) is 65.2 Å². The number of hydrogen-bond acceptors (Lipinski definition) is 5. The van der Waals surface area contributed by atoms with Gasteiger partial charge in [0.2, 0.25) is 0 Å². The molecule has 1 unspecified atom stereocenters. The largest absolute Gasteiger partial charge is 0.494 e. The zero-order chi connectivity index (χ0) is 21.8. The Morgan fingerprint density at radius 3 is 2.50 bits per heavy atom. The van der Waals surface area contributed by atoms with Gasteiger partial charge in [-0.15, -0.1) is 0 Å². The molecule has 0 bridgehead atoms. The first-order valence-corrected chi connectivity index (χ1v) is 10.3. The Morgan fingerprint density at radius 2 is 1.80 bits per heavy atom. The van der Waals surface area contributed by atoms with Crippen LogP contribution in [0.25, 0.3) is 0 Å². The first-order chi connectivity index (χ1) is 14.5. The molecule has 2 aromatic carbocycles. The van der Waals surface area contributed by atoms with E-state index in [9.17, 15) is 0 Å². The monoisotopic (exact) mass is 411 g/mol. The van der Waals surface area contributed by atoms with E-state index < -0.39 is 0 Å². The third kappa shape index (κ3) is 7.82. The van der Waals surface area contributed by atoms with E-state index >= 15 is 0 Å². The Bertz CT molecular complexity index is 822. The normalized spacial score (nSPS) is 12.3. The number of aryl methyl sites for hydroxylation is 2. The summed E-state index contributed by atoms with van der Waals surface area (Å²) in [6.07, 6.45) is 7.53. The van der Waals surface area contributed by atoms with E-state index in [1.54, 1.807) is 6.21 Å². The highest BCUT2D eigenvalue weighted by Crippen LogP contribution is 2.30. The van der Waals surface area contributed by atoms with E-state index in [4.69, 9.17) is 19.0 Å². The van der Waals surface area contributed by atoms with Crippen molar-refractivity contribution >= 4 is 6.21 Å². The van der Waals surface area contributed by atoms with E-state index in [1.807, 2.05) is 55.5 Å². The minimum Gasteiger partial charge on any atom is -0.494 e. The van der Waals surface area contributed by atoms with E-state index in [0.717, 1.165) is 46.8 Å². The van der Waals surface area contributed by atoms with Crippen LogP contribution in [0.2, 0.25) is 0 Å². The Balaban J connectivity index is 1.80. The molecule has 0 heterocycles. The summed E-state index contributed by atoms with van der Waals surface area (Å²) in [5, 5.41) is 3.77. The molecule has 1 atom stereocenters. The zero-order valence-corrected chi connectivity index (χ0v) is 18.7. The highest BCUT2D eigenvalue weighted by Gasteiger charge is 2.11. The molecule has 0 radical (unpaired) electrons.